The minimum atomic E-state index is -1.17. The summed E-state index contributed by atoms with van der Waals surface area (Å²) in [4.78, 5) is 29.7. The van der Waals surface area contributed by atoms with Gasteiger partial charge < -0.3 is 9.52 Å². The van der Waals surface area contributed by atoms with E-state index in [0.717, 1.165) is 11.3 Å². The molecule has 0 bridgehead atoms. The molecule has 0 unspecified atom stereocenters. The Morgan fingerprint density at radius 2 is 2.24 bits per heavy atom. The molecule has 1 amide bonds. The van der Waals surface area contributed by atoms with Crippen molar-refractivity contribution >= 4 is 29.2 Å². The third-order valence-electron chi connectivity index (χ3n) is 1.76. The van der Waals surface area contributed by atoms with E-state index in [0.29, 0.717) is 5.69 Å². The van der Waals surface area contributed by atoms with E-state index in [4.69, 9.17) is 9.52 Å². The van der Waals surface area contributed by atoms with Gasteiger partial charge in [0.25, 0.3) is 5.91 Å². The van der Waals surface area contributed by atoms with Gasteiger partial charge in [0.05, 0.1) is 5.69 Å². The predicted molar refractivity (Wildman–Crippen MR) is 58.3 cm³/mol. The van der Waals surface area contributed by atoms with Gasteiger partial charge in [0.2, 0.25) is 5.01 Å². The van der Waals surface area contributed by atoms with Crippen molar-refractivity contribution in [3.63, 3.8) is 0 Å². The second-order valence-electron chi connectivity index (χ2n) is 3.09. The number of amides is 1. The van der Waals surface area contributed by atoms with E-state index >= 15 is 0 Å². The molecule has 0 aromatic carbocycles. The third-order valence-corrected chi connectivity index (χ3v) is 2.59. The van der Waals surface area contributed by atoms with Crippen LogP contribution in [0.5, 0.6) is 0 Å². The molecule has 17 heavy (non-hydrogen) atoms. The van der Waals surface area contributed by atoms with Gasteiger partial charge >= 0.3 is 12.0 Å². The minimum absolute atomic E-state index is 0.0169. The molecule has 0 aliphatic heterocycles. The molecule has 7 nitrogen and oxygen atoms in total. The highest BCUT2D eigenvalue weighted by Crippen LogP contribution is 2.12. The average Bonchev–Trinajstić information content (AvgIpc) is 2.86. The second kappa shape index (κ2) is 4.34. The molecule has 0 spiro atoms. The first-order valence-electron chi connectivity index (χ1n) is 4.48. The van der Waals surface area contributed by atoms with E-state index in [-0.39, 0.29) is 16.7 Å². The quantitative estimate of drug-likeness (QED) is 0.856. The molecule has 8 heteroatoms. The molecule has 0 aliphatic rings. The molecule has 2 heterocycles. The molecule has 2 rings (SSSR count). The van der Waals surface area contributed by atoms with Gasteiger partial charge in [-0.3, -0.25) is 10.1 Å². The Bertz CT molecular complexity index is 574. The summed E-state index contributed by atoms with van der Waals surface area (Å²) in [5.41, 5.74) is 0.646. The lowest BCUT2D eigenvalue weighted by molar-refractivity contribution is 0.0696. The highest BCUT2D eigenvalue weighted by Gasteiger charge is 2.16. The Labute approximate surface area is 99.1 Å². The summed E-state index contributed by atoms with van der Waals surface area (Å²) < 4.78 is 4.93. The van der Waals surface area contributed by atoms with Crippen LogP contribution in [0.4, 0.5) is 6.01 Å². The summed E-state index contributed by atoms with van der Waals surface area (Å²) in [6.45, 7) is 1.71. The zero-order valence-corrected chi connectivity index (χ0v) is 9.45. The summed E-state index contributed by atoms with van der Waals surface area (Å²) in [5.74, 6) is -1.73. The Kier molecular flexibility index (Phi) is 2.88. The summed E-state index contributed by atoms with van der Waals surface area (Å²) in [6, 6.07) is 0.0531. The zero-order chi connectivity index (χ0) is 12.4. The molecule has 0 atom stereocenters. The van der Waals surface area contributed by atoms with Gasteiger partial charge in [0, 0.05) is 5.38 Å². The van der Waals surface area contributed by atoms with Crippen molar-refractivity contribution in [2.24, 2.45) is 0 Å². The van der Waals surface area contributed by atoms with Crippen LogP contribution in [0.15, 0.2) is 16.1 Å². The number of anilines is 1. The maximum absolute atomic E-state index is 11.6. The number of thiazole rings is 1. The lowest BCUT2D eigenvalue weighted by Crippen LogP contribution is -2.13. The Hall–Kier alpha value is -2.22. The first kappa shape index (κ1) is 11.3. The first-order valence-corrected chi connectivity index (χ1v) is 5.36. The topological polar surface area (TPSA) is 105 Å². The summed E-state index contributed by atoms with van der Waals surface area (Å²) >= 11 is 0.879. The third kappa shape index (κ3) is 2.48. The van der Waals surface area contributed by atoms with E-state index in [1.54, 1.807) is 6.92 Å². The van der Waals surface area contributed by atoms with Crippen molar-refractivity contribution in [1.82, 2.24) is 9.97 Å². The average molecular weight is 253 g/mol. The number of carboxylic acids is 1. The number of aromatic nitrogens is 2. The molecule has 0 radical (unpaired) electrons. The SMILES string of the molecule is Cc1coc(NC(=O)c2csc(C(=O)O)n2)n1. The Balaban J connectivity index is 2.11. The zero-order valence-electron chi connectivity index (χ0n) is 8.63. The second-order valence-corrected chi connectivity index (χ2v) is 3.95. The summed E-state index contributed by atoms with van der Waals surface area (Å²) in [6.07, 6.45) is 1.39. The van der Waals surface area contributed by atoms with Gasteiger partial charge in [-0.25, -0.2) is 9.78 Å². The van der Waals surface area contributed by atoms with Gasteiger partial charge in [-0.2, -0.15) is 4.98 Å². The number of aromatic carboxylic acids is 1. The Morgan fingerprint density at radius 3 is 2.76 bits per heavy atom. The molecular formula is C9H7N3O4S. The molecule has 0 saturated heterocycles. The fraction of sp³-hybridized carbons (Fsp3) is 0.111. The van der Waals surface area contributed by atoms with Crippen molar-refractivity contribution in [3.05, 3.63) is 28.0 Å². The highest BCUT2D eigenvalue weighted by molar-refractivity contribution is 7.11. The van der Waals surface area contributed by atoms with Gasteiger partial charge in [-0.15, -0.1) is 11.3 Å². The Morgan fingerprint density at radius 1 is 1.47 bits per heavy atom. The highest BCUT2D eigenvalue weighted by atomic mass is 32.1. The van der Waals surface area contributed by atoms with Crippen LogP contribution in [0, 0.1) is 6.92 Å². The van der Waals surface area contributed by atoms with Crippen LogP contribution in [-0.2, 0) is 0 Å². The van der Waals surface area contributed by atoms with Crippen LogP contribution in [-0.4, -0.2) is 27.0 Å². The van der Waals surface area contributed by atoms with Crippen LogP contribution < -0.4 is 5.32 Å². The standard InChI is InChI=1S/C9H7N3O4S/c1-4-2-16-9(10-4)12-6(13)5-3-17-7(11-5)8(14)15/h2-3H,1H3,(H,14,15)(H,10,12,13). The van der Waals surface area contributed by atoms with Crippen LogP contribution >= 0.6 is 11.3 Å². The maximum Gasteiger partial charge on any atom is 0.365 e. The number of nitrogens with zero attached hydrogens (tertiary/aromatic N) is 2. The number of oxazole rings is 1. The lowest BCUT2D eigenvalue weighted by atomic mass is 10.4. The number of carboxylic acid groups (broad SMARTS) is 1. The number of rotatable bonds is 3. The largest absolute Gasteiger partial charge is 0.476 e. The predicted octanol–water partition coefficient (Wildman–Crippen LogP) is 1.39. The number of carbonyl (C=O) groups is 2. The molecule has 2 aromatic heterocycles. The van der Waals surface area contributed by atoms with Crippen LogP contribution in [0.25, 0.3) is 0 Å². The van der Waals surface area contributed by atoms with Crippen molar-refractivity contribution < 1.29 is 19.1 Å². The molecule has 0 saturated carbocycles. The molecule has 0 fully saturated rings. The fourth-order valence-electron chi connectivity index (χ4n) is 1.05. The smallest absolute Gasteiger partial charge is 0.365 e. The van der Waals surface area contributed by atoms with Crippen molar-refractivity contribution in [3.8, 4) is 0 Å². The van der Waals surface area contributed by atoms with Crippen LogP contribution in [0.3, 0.4) is 0 Å². The number of carbonyl (C=O) groups excluding carboxylic acids is 1. The number of hydrogen-bond donors (Lipinski definition) is 2. The van der Waals surface area contributed by atoms with E-state index in [2.05, 4.69) is 15.3 Å². The van der Waals surface area contributed by atoms with Crippen molar-refractivity contribution in [1.29, 1.82) is 0 Å². The molecule has 2 N–H and O–H groups in total. The van der Waals surface area contributed by atoms with Gasteiger partial charge in [0.15, 0.2) is 0 Å². The van der Waals surface area contributed by atoms with Gasteiger partial charge in [0.1, 0.15) is 12.0 Å². The van der Waals surface area contributed by atoms with Crippen molar-refractivity contribution in [2.45, 2.75) is 6.92 Å². The van der Waals surface area contributed by atoms with E-state index in [9.17, 15) is 9.59 Å². The van der Waals surface area contributed by atoms with E-state index in [1.807, 2.05) is 0 Å². The van der Waals surface area contributed by atoms with Crippen molar-refractivity contribution in [2.75, 3.05) is 5.32 Å². The van der Waals surface area contributed by atoms with E-state index in [1.165, 1.54) is 11.6 Å². The van der Waals surface area contributed by atoms with Crippen LogP contribution in [0.1, 0.15) is 26.0 Å². The van der Waals surface area contributed by atoms with Gasteiger partial charge in [-0.1, -0.05) is 0 Å². The first-order chi connectivity index (χ1) is 8.06. The van der Waals surface area contributed by atoms with Crippen LogP contribution in [0.2, 0.25) is 0 Å². The minimum Gasteiger partial charge on any atom is -0.476 e. The molecule has 0 aliphatic carbocycles. The maximum atomic E-state index is 11.6. The lowest BCUT2D eigenvalue weighted by Gasteiger charge is -1.95. The summed E-state index contributed by atoms with van der Waals surface area (Å²) in [5, 5.41) is 12.2. The fourth-order valence-corrected chi connectivity index (χ4v) is 1.68. The van der Waals surface area contributed by atoms with Gasteiger partial charge in [-0.05, 0) is 6.92 Å². The number of aryl methyl sites for hydroxylation is 1. The molecular weight excluding hydrogens is 246 g/mol. The molecule has 88 valence electrons. The monoisotopic (exact) mass is 253 g/mol. The number of hydrogen-bond acceptors (Lipinski definition) is 6. The molecule has 2 aromatic rings. The van der Waals surface area contributed by atoms with E-state index < -0.39 is 11.9 Å². The number of nitrogens with one attached hydrogen (secondary N) is 1. The summed E-state index contributed by atoms with van der Waals surface area (Å²) in [7, 11) is 0. The normalized spacial score (nSPS) is 10.2.